The molecule has 0 atom stereocenters. The number of hydrogen-bond acceptors (Lipinski definition) is 3. The van der Waals surface area contributed by atoms with Crippen LogP contribution in [0.25, 0.3) is 10.9 Å². The number of carbonyl (C=O) groups is 1. The second-order valence-corrected chi connectivity index (χ2v) is 10.3. The van der Waals surface area contributed by atoms with Crippen molar-refractivity contribution in [3.63, 3.8) is 0 Å². The highest BCUT2D eigenvalue weighted by molar-refractivity contribution is 7.89. The summed E-state index contributed by atoms with van der Waals surface area (Å²) in [5, 5.41) is 4.08. The number of nitrogens with zero attached hydrogens (tertiary/aromatic N) is 3. The number of rotatable bonds is 4. The Balaban J connectivity index is 1.43. The van der Waals surface area contributed by atoms with Gasteiger partial charge in [-0.1, -0.05) is 19.3 Å². The lowest BCUT2D eigenvalue weighted by Gasteiger charge is -2.27. The monoisotopic (exact) mass is 432 g/mol. The first-order chi connectivity index (χ1) is 14.5. The summed E-state index contributed by atoms with van der Waals surface area (Å²) in [7, 11) is -3.58. The number of urea groups is 1. The van der Waals surface area contributed by atoms with E-state index in [0.29, 0.717) is 37.5 Å². The van der Waals surface area contributed by atoms with Gasteiger partial charge in [0.15, 0.2) is 0 Å². The first-order valence-electron chi connectivity index (χ1n) is 11.1. The number of benzene rings is 1. The van der Waals surface area contributed by atoms with Crippen LogP contribution in [-0.4, -0.2) is 60.4 Å². The summed E-state index contributed by atoms with van der Waals surface area (Å²) in [5.74, 6) is 0. The van der Waals surface area contributed by atoms with Crippen molar-refractivity contribution in [3.8, 4) is 0 Å². The van der Waals surface area contributed by atoms with Crippen molar-refractivity contribution >= 4 is 27.0 Å². The summed E-state index contributed by atoms with van der Waals surface area (Å²) < 4.78 is 30.1. The van der Waals surface area contributed by atoms with E-state index >= 15 is 0 Å². The van der Waals surface area contributed by atoms with Crippen LogP contribution in [0.3, 0.4) is 0 Å². The summed E-state index contributed by atoms with van der Waals surface area (Å²) in [4.78, 5) is 14.8. The smallest absolute Gasteiger partial charge is 0.317 e. The molecule has 1 aliphatic carbocycles. The molecule has 7 nitrogen and oxygen atoms in total. The van der Waals surface area contributed by atoms with Gasteiger partial charge in [0, 0.05) is 55.9 Å². The number of nitrogens with one attached hydrogen (secondary N) is 1. The molecule has 1 saturated carbocycles. The van der Waals surface area contributed by atoms with E-state index < -0.39 is 10.0 Å². The third-order valence-electron chi connectivity index (χ3n) is 6.40. The molecule has 2 fully saturated rings. The third kappa shape index (κ3) is 4.34. The van der Waals surface area contributed by atoms with Crippen molar-refractivity contribution in [3.05, 3.63) is 30.5 Å². The number of amides is 2. The maximum absolute atomic E-state index is 13.3. The lowest BCUT2D eigenvalue weighted by molar-refractivity contribution is 0.192. The molecule has 1 aliphatic heterocycles. The second kappa shape index (κ2) is 8.98. The molecule has 1 aromatic carbocycles. The molecule has 2 amide bonds. The normalized spacial score (nSPS) is 19.7. The highest BCUT2D eigenvalue weighted by atomic mass is 32.2. The van der Waals surface area contributed by atoms with E-state index in [2.05, 4.69) is 16.8 Å². The van der Waals surface area contributed by atoms with Crippen LogP contribution in [0.1, 0.15) is 45.4 Å². The number of aromatic nitrogens is 1. The molecule has 4 rings (SSSR count). The fourth-order valence-corrected chi connectivity index (χ4v) is 6.12. The number of sulfonamides is 1. The number of aryl methyl sites for hydroxylation is 1. The van der Waals surface area contributed by atoms with Crippen LogP contribution in [0, 0.1) is 0 Å². The minimum Gasteiger partial charge on any atom is -0.348 e. The van der Waals surface area contributed by atoms with Crippen molar-refractivity contribution in [1.29, 1.82) is 0 Å². The fraction of sp³-hybridized carbons (Fsp3) is 0.591. The van der Waals surface area contributed by atoms with Gasteiger partial charge in [0.05, 0.1) is 4.90 Å². The molecule has 0 bridgehead atoms. The van der Waals surface area contributed by atoms with Crippen LogP contribution in [0.15, 0.2) is 35.4 Å². The van der Waals surface area contributed by atoms with E-state index in [0.717, 1.165) is 30.3 Å². The van der Waals surface area contributed by atoms with Crippen LogP contribution in [-0.2, 0) is 16.6 Å². The lowest BCUT2D eigenvalue weighted by atomic mass is 9.96. The molecule has 1 N–H and O–H groups in total. The van der Waals surface area contributed by atoms with Gasteiger partial charge < -0.3 is 14.8 Å². The molecule has 2 aromatic rings. The first kappa shape index (κ1) is 21.2. The Morgan fingerprint density at radius 3 is 2.60 bits per heavy atom. The highest BCUT2D eigenvalue weighted by Gasteiger charge is 2.29. The van der Waals surface area contributed by atoms with E-state index in [4.69, 9.17) is 0 Å². The average molecular weight is 433 g/mol. The maximum Gasteiger partial charge on any atom is 0.317 e. The lowest BCUT2D eigenvalue weighted by Crippen LogP contribution is -2.46. The predicted molar refractivity (Wildman–Crippen MR) is 118 cm³/mol. The molecule has 0 radical (unpaired) electrons. The summed E-state index contributed by atoms with van der Waals surface area (Å²) in [6, 6.07) is 7.50. The van der Waals surface area contributed by atoms with E-state index in [-0.39, 0.29) is 12.1 Å². The number of hydrogen-bond donors (Lipinski definition) is 1. The molecule has 8 heteroatoms. The highest BCUT2D eigenvalue weighted by Crippen LogP contribution is 2.24. The van der Waals surface area contributed by atoms with Crippen LogP contribution in [0.4, 0.5) is 4.79 Å². The van der Waals surface area contributed by atoms with Gasteiger partial charge >= 0.3 is 6.03 Å². The Labute approximate surface area is 179 Å². The largest absolute Gasteiger partial charge is 0.348 e. The maximum atomic E-state index is 13.3. The van der Waals surface area contributed by atoms with Gasteiger partial charge in [-0.15, -0.1) is 0 Å². The Kier molecular flexibility index (Phi) is 6.34. The van der Waals surface area contributed by atoms with Crippen molar-refractivity contribution in [2.75, 3.05) is 26.2 Å². The van der Waals surface area contributed by atoms with E-state index in [1.54, 1.807) is 17.0 Å². The van der Waals surface area contributed by atoms with Crippen LogP contribution in [0.5, 0.6) is 0 Å². The van der Waals surface area contributed by atoms with Gasteiger partial charge in [-0.05, 0) is 50.5 Å². The van der Waals surface area contributed by atoms with Gasteiger partial charge in [-0.2, -0.15) is 4.31 Å². The molecule has 0 spiro atoms. The zero-order valence-corrected chi connectivity index (χ0v) is 18.5. The summed E-state index contributed by atoms with van der Waals surface area (Å²) >= 11 is 0. The van der Waals surface area contributed by atoms with Crippen molar-refractivity contribution in [2.24, 2.45) is 0 Å². The zero-order chi connectivity index (χ0) is 21.1. The molecule has 1 aromatic heterocycles. The van der Waals surface area contributed by atoms with Gasteiger partial charge in [0.2, 0.25) is 10.0 Å². The van der Waals surface area contributed by atoms with Gasteiger partial charge in [0.1, 0.15) is 0 Å². The molecule has 0 unspecified atom stereocenters. The second-order valence-electron chi connectivity index (χ2n) is 8.35. The molecule has 164 valence electrons. The Hall–Kier alpha value is -2.06. The van der Waals surface area contributed by atoms with Gasteiger partial charge in [0.25, 0.3) is 0 Å². The molecule has 2 aliphatic rings. The molecule has 2 heterocycles. The summed E-state index contributed by atoms with van der Waals surface area (Å²) in [6.45, 7) is 4.69. The van der Waals surface area contributed by atoms with Crippen LogP contribution < -0.4 is 5.32 Å². The predicted octanol–water partition coefficient (Wildman–Crippen LogP) is 3.40. The quantitative estimate of drug-likeness (QED) is 0.805. The molecular formula is C22H32N4O3S. The Morgan fingerprint density at radius 1 is 1.03 bits per heavy atom. The molecule has 30 heavy (non-hydrogen) atoms. The van der Waals surface area contributed by atoms with Crippen LogP contribution >= 0.6 is 0 Å². The third-order valence-corrected chi connectivity index (χ3v) is 8.29. The fourth-order valence-electron chi connectivity index (χ4n) is 4.61. The van der Waals surface area contributed by atoms with Crippen LogP contribution in [0.2, 0.25) is 0 Å². The average Bonchev–Trinajstić information content (AvgIpc) is 2.99. The summed E-state index contributed by atoms with van der Waals surface area (Å²) in [6.07, 6.45) is 8.30. The Bertz CT molecular complexity index is 995. The minimum absolute atomic E-state index is 0.0523. The van der Waals surface area contributed by atoms with E-state index in [9.17, 15) is 13.2 Å². The standard InChI is InChI=1S/C22H32N4O3S/c1-2-24-14-11-18-17-20(9-10-21(18)24)30(28,29)26-13-6-12-25(15-16-26)22(27)23-19-7-4-3-5-8-19/h9-11,14,17,19H,2-8,12-13,15-16H2,1H3,(H,23,27). The SMILES string of the molecule is CCn1ccc2cc(S(=O)(=O)N3CCCN(C(=O)NC4CCCCC4)CC3)ccc21. The zero-order valence-electron chi connectivity index (χ0n) is 17.7. The van der Waals surface area contributed by atoms with E-state index in [1.165, 1.54) is 23.6 Å². The van der Waals surface area contributed by atoms with E-state index in [1.807, 2.05) is 18.3 Å². The number of carbonyl (C=O) groups excluding carboxylic acids is 1. The minimum atomic E-state index is -3.58. The van der Waals surface area contributed by atoms with Crippen molar-refractivity contribution < 1.29 is 13.2 Å². The summed E-state index contributed by atoms with van der Waals surface area (Å²) in [5.41, 5.74) is 1.04. The molecular weight excluding hydrogens is 400 g/mol. The number of fused-ring (bicyclic) bond motifs is 1. The molecule has 1 saturated heterocycles. The first-order valence-corrected chi connectivity index (χ1v) is 12.6. The van der Waals surface area contributed by atoms with Crippen molar-refractivity contribution in [1.82, 2.24) is 19.1 Å². The van der Waals surface area contributed by atoms with Gasteiger partial charge in [-0.25, -0.2) is 13.2 Å². The van der Waals surface area contributed by atoms with Crippen molar-refractivity contribution in [2.45, 2.75) is 62.9 Å². The van der Waals surface area contributed by atoms with Gasteiger partial charge in [-0.3, -0.25) is 0 Å². The topological polar surface area (TPSA) is 74.7 Å². The Morgan fingerprint density at radius 2 is 1.83 bits per heavy atom.